The second kappa shape index (κ2) is 9.85. The van der Waals surface area contributed by atoms with Crippen molar-refractivity contribution >= 4 is 23.6 Å². The van der Waals surface area contributed by atoms with Crippen LogP contribution in [-0.4, -0.2) is 47.3 Å². The first-order valence-electron chi connectivity index (χ1n) is 9.92. The van der Waals surface area contributed by atoms with E-state index in [9.17, 15) is 14.9 Å². The van der Waals surface area contributed by atoms with Crippen LogP contribution in [0.1, 0.15) is 36.6 Å². The van der Waals surface area contributed by atoms with Crippen molar-refractivity contribution < 1.29 is 9.59 Å². The molecule has 0 spiro atoms. The maximum absolute atomic E-state index is 12.7. The van der Waals surface area contributed by atoms with Gasteiger partial charge in [0.25, 0.3) is 5.91 Å². The Bertz CT molecular complexity index is 937. The fourth-order valence-electron chi connectivity index (χ4n) is 3.09. The standard InChI is InChI=1S/C22H26N6O2/c1-28(2)10-9-20(29)26-18-7-5-16(6-8-18)21(15-3-4-15)27-22(30)17(12-23)11-19-13-24-14-25-19/h5-8,11,13-15,21H,3-4,9-10H2,1-2H3,(H,24,25)(H,26,29)(H,27,30). The van der Waals surface area contributed by atoms with Gasteiger partial charge in [-0.2, -0.15) is 5.26 Å². The van der Waals surface area contributed by atoms with E-state index < -0.39 is 5.91 Å². The van der Waals surface area contributed by atoms with Crippen LogP contribution in [0.3, 0.4) is 0 Å². The number of hydrogen-bond donors (Lipinski definition) is 3. The van der Waals surface area contributed by atoms with Gasteiger partial charge in [-0.25, -0.2) is 4.98 Å². The molecule has 1 unspecified atom stereocenters. The molecule has 3 rings (SSSR count). The zero-order valence-corrected chi connectivity index (χ0v) is 17.2. The summed E-state index contributed by atoms with van der Waals surface area (Å²) in [5.74, 6) is -0.0993. The van der Waals surface area contributed by atoms with Crippen LogP contribution in [-0.2, 0) is 9.59 Å². The van der Waals surface area contributed by atoms with Crippen molar-refractivity contribution in [3.63, 3.8) is 0 Å². The highest BCUT2D eigenvalue weighted by molar-refractivity contribution is 6.01. The van der Waals surface area contributed by atoms with Crippen LogP contribution >= 0.6 is 0 Å². The van der Waals surface area contributed by atoms with Crippen molar-refractivity contribution in [1.82, 2.24) is 20.2 Å². The summed E-state index contributed by atoms with van der Waals surface area (Å²) in [6.45, 7) is 0.687. The van der Waals surface area contributed by atoms with Crippen LogP contribution in [0.4, 0.5) is 5.69 Å². The molecule has 1 aliphatic rings. The number of aromatic amines is 1. The predicted octanol–water partition coefficient (Wildman–Crippen LogP) is 2.47. The van der Waals surface area contributed by atoms with E-state index in [0.717, 1.165) is 24.1 Å². The van der Waals surface area contributed by atoms with Gasteiger partial charge < -0.3 is 20.5 Å². The number of carbonyl (C=O) groups excluding carboxylic acids is 2. The molecule has 3 N–H and O–H groups in total. The van der Waals surface area contributed by atoms with Crippen LogP contribution in [0.2, 0.25) is 0 Å². The second-order valence-corrected chi connectivity index (χ2v) is 7.69. The maximum atomic E-state index is 12.7. The van der Waals surface area contributed by atoms with Crippen LogP contribution in [0.15, 0.2) is 42.4 Å². The van der Waals surface area contributed by atoms with E-state index in [1.807, 2.05) is 49.3 Å². The van der Waals surface area contributed by atoms with E-state index in [1.165, 1.54) is 12.4 Å². The quantitative estimate of drug-likeness (QED) is 0.437. The SMILES string of the molecule is CN(C)CCC(=O)Nc1ccc(C(NC(=O)C(C#N)=Cc2cnc[nH]2)C2CC2)cc1. The molecule has 1 fully saturated rings. The lowest BCUT2D eigenvalue weighted by molar-refractivity contribution is -0.118. The molecule has 1 heterocycles. The summed E-state index contributed by atoms with van der Waals surface area (Å²) in [5.41, 5.74) is 2.30. The molecule has 1 saturated carbocycles. The lowest BCUT2D eigenvalue weighted by atomic mass is 10.0. The van der Waals surface area contributed by atoms with Crippen molar-refractivity contribution in [3.05, 3.63) is 53.6 Å². The first kappa shape index (κ1) is 21.3. The molecular formula is C22H26N6O2. The number of aromatic nitrogens is 2. The third-order valence-electron chi connectivity index (χ3n) is 4.90. The first-order valence-corrected chi connectivity index (χ1v) is 9.92. The number of hydrogen-bond acceptors (Lipinski definition) is 5. The number of rotatable bonds is 9. The summed E-state index contributed by atoms with van der Waals surface area (Å²) in [7, 11) is 3.85. The topological polar surface area (TPSA) is 114 Å². The molecule has 8 nitrogen and oxygen atoms in total. The molecule has 0 aliphatic heterocycles. The summed E-state index contributed by atoms with van der Waals surface area (Å²) < 4.78 is 0. The van der Waals surface area contributed by atoms with Crippen molar-refractivity contribution in [3.8, 4) is 6.07 Å². The summed E-state index contributed by atoms with van der Waals surface area (Å²) in [4.78, 5) is 33.4. The van der Waals surface area contributed by atoms with Gasteiger partial charge in [-0.1, -0.05) is 12.1 Å². The normalized spacial score (nSPS) is 14.8. The molecule has 2 aromatic rings. The van der Waals surface area contributed by atoms with Crippen LogP contribution in [0.5, 0.6) is 0 Å². The molecule has 156 valence electrons. The third kappa shape index (κ3) is 6.03. The maximum Gasteiger partial charge on any atom is 0.262 e. The smallest absolute Gasteiger partial charge is 0.262 e. The molecular weight excluding hydrogens is 380 g/mol. The Morgan fingerprint density at radius 3 is 2.63 bits per heavy atom. The molecule has 30 heavy (non-hydrogen) atoms. The number of carbonyl (C=O) groups is 2. The highest BCUT2D eigenvalue weighted by Crippen LogP contribution is 2.41. The van der Waals surface area contributed by atoms with E-state index in [2.05, 4.69) is 20.6 Å². The predicted molar refractivity (Wildman–Crippen MR) is 114 cm³/mol. The third-order valence-corrected chi connectivity index (χ3v) is 4.90. The molecule has 1 aromatic heterocycles. The number of nitrogens with one attached hydrogen (secondary N) is 3. The van der Waals surface area contributed by atoms with Crippen molar-refractivity contribution in [2.24, 2.45) is 5.92 Å². The molecule has 0 bridgehead atoms. The molecule has 2 amide bonds. The highest BCUT2D eigenvalue weighted by Gasteiger charge is 2.34. The van der Waals surface area contributed by atoms with E-state index in [-0.39, 0.29) is 17.5 Å². The fourth-order valence-corrected chi connectivity index (χ4v) is 3.09. The van der Waals surface area contributed by atoms with E-state index in [1.54, 1.807) is 6.20 Å². The van der Waals surface area contributed by atoms with Crippen molar-refractivity contribution in [1.29, 1.82) is 5.26 Å². The Balaban J connectivity index is 1.66. The van der Waals surface area contributed by atoms with Crippen molar-refractivity contribution in [2.45, 2.75) is 25.3 Å². The first-order chi connectivity index (χ1) is 14.5. The second-order valence-electron chi connectivity index (χ2n) is 7.69. The minimum absolute atomic E-state index is 0.0228. The van der Waals surface area contributed by atoms with E-state index in [0.29, 0.717) is 24.6 Å². The molecule has 1 atom stereocenters. The number of imidazole rings is 1. The Kier molecular flexibility index (Phi) is 6.99. The summed E-state index contributed by atoms with van der Waals surface area (Å²) in [6.07, 6.45) is 7.01. The van der Waals surface area contributed by atoms with Gasteiger partial charge in [0.15, 0.2) is 0 Å². The lowest BCUT2D eigenvalue weighted by Crippen LogP contribution is -2.30. The van der Waals surface area contributed by atoms with Gasteiger partial charge in [-0.15, -0.1) is 0 Å². The number of nitriles is 1. The van der Waals surface area contributed by atoms with Gasteiger partial charge in [0.2, 0.25) is 5.91 Å². The van der Waals surface area contributed by atoms with Gasteiger partial charge in [-0.05, 0) is 56.6 Å². The zero-order chi connectivity index (χ0) is 21.5. The Morgan fingerprint density at radius 1 is 1.33 bits per heavy atom. The van der Waals surface area contributed by atoms with E-state index >= 15 is 0 Å². The minimum Gasteiger partial charge on any atom is -0.345 e. The van der Waals surface area contributed by atoms with Gasteiger partial charge in [-0.3, -0.25) is 9.59 Å². The fraction of sp³-hybridized carbons (Fsp3) is 0.364. The Hall–Kier alpha value is -3.44. The van der Waals surface area contributed by atoms with E-state index in [4.69, 9.17) is 0 Å². The van der Waals surface area contributed by atoms with Crippen LogP contribution in [0.25, 0.3) is 6.08 Å². The number of amides is 2. The molecule has 8 heteroatoms. The minimum atomic E-state index is -0.412. The molecule has 1 aliphatic carbocycles. The van der Waals surface area contributed by atoms with Crippen molar-refractivity contribution in [2.75, 3.05) is 26.0 Å². The number of nitrogens with zero attached hydrogens (tertiary/aromatic N) is 3. The monoisotopic (exact) mass is 406 g/mol. The average molecular weight is 406 g/mol. The number of anilines is 1. The molecule has 1 aromatic carbocycles. The van der Waals surface area contributed by atoms with Gasteiger partial charge in [0.1, 0.15) is 11.6 Å². The van der Waals surface area contributed by atoms with Gasteiger partial charge >= 0.3 is 0 Å². The van der Waals surface area contributed by atoms with Crippen LogP contribution < -0.4 is 10.6 Å². The highest BCUT2D eigenvalue weighted by atomic mass is 16.2. The zero-order valence-electron chi connectivity index (χ0n) is 17.2. The van der Waals surface area contributed by atoms with Gasteiger partial charge in [0, 0.05) is 18.7 Å². The Morgan fingerprint density at radius 2 is 2.07 bits per heavy atom. The van der Waals surface area contributed by atoms with Gasteiger partial charge in [0.05, 0.1) is 24.3 Å². The molecule has 0 radical (unpaired) electrons. The largest absolute Gasteiger partial charge is 0.345 e. The van der Waals surface area contributed by atoms with Crippen LogP contribution in [0, 0.1) is 17.2 Å². The summed E-state index contributed by atoms with van der Waals surface area (Å²) in [5, 5.41) is 15.3. The average Bonchev–Trinajstić information content (AvgIpc) is 3.44. The number of H-pyrrole nitrogens is 1. The summed E-state index contributed by atoms with van der Waals surface area (Å²) in [6, 6.07) is 9.30. The summed E-state index contributed by atoms with van der Waals surface area (Å²) >= 11 is 0. The number of benzene rings is 1. The molecule has 0 saturated heterocycles. The Labute approximate surface area is 176 Å². The lowest BCUT2D eigenvalue weighted by Gasteiger charge is -2.19.